The Balaban J connectivity index is 2.50. The molecule has 0 saturated heterocycles. The van der Waals surface area contributed by atoms with Gasteiger partial charge in [-0.1, -0.05) is 19.9 Å². The second-order valence-corrected chi connectivity index (χ2v) is 3.67. The van der Waals surface area contributed by atoms with E-state index in [0.717, 1.165) is 19.4 Å². The van der Waals surface area contributed by atoms with Crippen LogP contribution in [0.15, 0.2) is 18.3 Å². The number of rotatable bonds is 5. The van der Waals surface area contributed by atoms with Gasteiger partial charge in [-0.15, -0.1) is 0 Å². The molecule has 2 nitrogen and oxygen atoms in total. The van der Waals surface area contributed by atoms with Crippen LogP contribution in [0.5, 0.6) is 0 Å². The summed E-state index contributed by atoms with van der Waals surface area (Å²) in [6.07, 6.45) is 4.06. The molecular weight excluding hydrogens is 172 g/mol. The summed E-state index contributed by atoms with van der Waals surface area (Å²) in [4.78, 5) is 4.43. The van der Waals surface area contributed by atoms with Crippen LogP contribution in [-0.2, 0) is 12.8 Å². The fourth-order valence-electron chi connectivity index (χ4n) is 1.52. The molecule has 78 valence electrons. The predicted octanol–water partition coefficient (Wildman–Crippen LogP) is 2.18. The van der Waals surface area contributed by atoms with E-state index >= 15 is 0 Å². The van der Waals surface area contributed by atoms with E-state index in [-0.39, 0.29) is 0 Å². The molecular formula is C12H20N2. The summed E-state index contributed by atoms with van der Waals surface area (Å²) in [5, 5.41) is 3.38. The fraction of sp³-hybridized carbons (Fsp3) is 0.583. The Morgan fingerprint density at radius 3 is 2.64 bits per heavy atom. The van der Waals surface area contributed by atoms with Crippen LogP contribution in [0, 0.1) is 0 Å². The van der Waals surface area contributed by atoms with Crippen LogP contribution in [0.25, 0.3) is 0 Å². The molecule has 0 spiro atoms. The quantitative estimate of drug-likeness (QED) is 0.773. The van der Waals surface area contributed by atoms with Crippen LogP contribution in [-0.4, -0.2) is 17.6 Å². The summed E-state index contributed by atoms with van der Waals surface area (Å²) >= 11 is 0. The molecule has 0 saturated carbocycles. The van der Waals surface area contributed by atoms with Gasteiger partial charge in [-0.05, 0) is 31.5 Å². The first-order valence-electron chi connectivity index (χ1n) is 5.43. The summed E-state index contributed by atoms with van der Waals surface area (Å²) < 4.78 is 0. The maximum Gasteiger partial charge on any atom is 0.0419 e. The van der Waals surface area contributed by atoms with Crippen molar-refractivity contribution in [2.24, 2.45) is 0 Å². The minimum Gasteiger partial charge on any atom is -0.314 e. The smallest absolute Gasteiger partial charge is 0.0419 e. The van der Waals surface area contributed by atoms with Crippen molar-refractivity contribution < 1.29 is 0 Å². The molecule has 0 radical (unpaired) electrons. The maximum atomic E-state index is 4.43. The SMILES string of the molecule is CCNC(C)Cc1ccc(CC)cn1. The molecule has 1 unspecified atom stereocenters. The molecule has 1 rings (SSSR count). The monoisotopic (exact) mass is 192 g/mol. The highest BCUT2D eigenvalue weighted by Gasteiger charge is 2.02. The summed E-state index contributed by atoms with van der Waals surface area (Å²) in [7, 11) is 0. The van der Waals surface area contributed by atoms with Gasteiger partial charge in [-0.2, -0.15) is 0 Å². The van der Waals surface area contributed by atoms with Gasteiger partial charge < -0.3 is 5.32 Å². The van der Waals surface area contributed by atoms with Gasteiger partial charge in [0.1, 0.15) is 0 Å². The number of aryl methyl sites for hydroxylation is 1. The molecule has 1 heterocycles. The topological polar surface area (TPSA) is 24.9 Å². The molecule has 0 aliphatic carbocycles. The standard InChI is InChI=1S/C12H20N2/c1-4-11-6-7-12(14-9-11)8-10(3)13-5-2/h6-7,9-10,13H,4-5,8H2,1-3H3. The van der Waals surface area contributed by atoms with Gasteiger partial charge >= 0.3 is 0 Å². The van der Waals surface area contributed by atoms with Crippen molar-refractivity contribution in [2.75, 3.05) is 6.54 Å². The first-order valence-corrected chi connectivity index (χ1v) is 5.43. The van der Waals surface area contributed by atoms with Crippen LogP contribution in [0.4, 0.5) is 0 Å². The molecule has 0 aliphatic rings. The lowest BCUT2D eigenvalue weighted by atomic mass is 10.1. The van der Waals surface area contributed by atoms with E-state index in [1.165, 1.54) is 11.3 Å². The minimum atomic E-state index is 0.514. The zero-order valence-electron chi connectivity index (χ0n) is 9.38. The van der Waals surface area contributed by atoms with E-state index in [9.17, 15) is 0 Å². The molecule has 14 heavy (non-hydrogen) atoms. The normalized spacial score (nSPS) is 12.8. The average molecular weight is 192 g/mol. The third-order valence-electron chi connectivity index (χ3n) is 2.36. The Morgan fingerprint density at radius 1 is 1.36 bits per heavy atom. The third-order valence-corrected chi connectivity index (χ3v) is 2.36. The van der Waals surface area contributed by atoms with Gasteiger partial charge in [0.15, 0.2) is 0 Å². The highest BCUT2D eigenvalue weighted by Crippen LogP contribution is 2.03. The van der Waals surface area contributed by atoms with Gasteiger partial charge in [0.25, 0.3) is 0 Å². The Labute approximate surface area is 86.8 Å². The van der Waals surface area contributed by atoms with Crippen molar-refractivity contribution in [1.82, 2.24) is 10.3 Å². The average Bonchev–Trinajstić information content (AvgIpc) is 2.19. The second-order valence-electron chi connectivity index (χ2n) is 3.67. The summed E-state index contributed by atoms with van der Waals surface area (Å²) in [6.45, 7) is 7.50. The number of aromatic nitrogens is 1. The van der Waals surface area contributed by atoms with E-state index in [2.05, 4.69) is 43.2 Å². The summed E-state index contributed by atoms with van der Waals surface area (Å²) in [5.74, 6) is 0. The van der Waals surface area contributed by atoms with Crippen LogP contribution in [0.2, 0.25) is 0 Å². The predicted molar refractivity (Wildman–Crippen MR) is 60.5 cm³/mol. The highest BCUT2D eigenvalue weighted by molar-refractivity contribution is 5.14. The number of hydrogen-bond acceptors (Lipinski definition) is 2. The van der Waals surface area contributed by atoms with Crippen LogP contribution in [0.3, 0.4) is 0 Å². The largest absolute Gasteiger partial charge is 0.314 e. The molecule has 0 aliphatic heterocycles. The number of hydrogen-bond donors (Lipinski definition) is 1. The van der Waals surface area contributed by atoms with Crippen LogP contribution in [0.1, 0.15) is 32.0 Å². The third kappa shape index (κ3) is 3.46. The molecule has 1 atom stereocenters. The molecule has 1 aromatic heterocycles. The highest BCUT2D eigenvalue weighted by atomic mass is 14.9. The fourth-order valence-corrected chi connectivity index (χ4v) is 1.52. The Hall–Kier alpha value is -0.890. The minimum absolute atomic E-state index is 0.514. The lowest BCUT2D eigenvalue weighted by Gasteiger charge is -2.11. The molecule has 1 N–H and O–H groups in total. The maximum absolute atomic E-state index is 4.43. The van der Waals surface area contributed by atoms with Gasteiger partial charge in [0.05, 0.1) is 0 Å². The van der Waals surface area contributed by atoms with Crippen LogP contribution >= 0.6 is 0 Å². The number of nitrogens with one attached hydrogen (secondary N) is 1. The second kappa shape index (κ2) is 5.76. The zero-order chi connectivity index (χ0) is 10.4. The van der Waals surface area contributed by atoms with Crippen molar-refractivity contribution in [3.8, 4) is 0 Å². The number of nitrogens with zero attached hydrogens (tertiary/aromatic N) is 1. The first kappa shape index (κ1) is 11.2. The molecule has 0 amide bonds. The van der Waals surface area contributed by atoms with E-state index in [1.807, 2.05) is 6.20 Å². The van der Waals surface area contributed by atoms with Crippen molar-refractivity contribution in [1.29, 1.82) is 0 Å². The zero-order valence-corrected chi connectivity index (χ0v) is 9.38. The lowest BCUT2D eigenvalue weighted by molar-refractivity contribution is 0.559. The number of pyridine rings is 1. The Kier molecular flexibility index (Phi) is 4.60. The first-order chi connectivity index (χ1) is 6.76. The van der Waals surface area contributed by atoms with E-state index in [1.54, 1.807) is 0 Å². The number of likely N-dealkylation sites (N-methyl/N-ethyl adjacent to an activating group) is 1. The molecule has 0 aromatic carbocycles. The van der Waals surface area contributed by atoms with Gasteiger partial charge in [-0.25, -0.2) is 0 Å². The van der Waals surface area contributed by atoms with E-state index < -0.39 is 0 Å². The van der Waals surface area contributed by atoms with Crippen molar-refractivity contribution >= 4 is 0 Å². The lowest BCUT2D eigenvalue weighted by Crippen LogP contribution is -2.27. The Bertz CT molecular complexity index is 254. The molecule has 1 aromatic rings. The van der Waals surface area contributed by atoms with Gasteiger partial charge in [0, 0.05) is 24.4 Å². The van der Waals surface area contributed by atoms with Crippen molar-refractivity contribution in [3.63, 3.8) is 0 Å². The van der Waals surface area contributed by atoms with Crippen LogP contribution < -0.4 is 5.32 Å². The van der Waals surface area contributed by atoms with Crippen molar-refractivity contribution in [2.45, 2.75) is 39.7 Å². The molecule has 2 heteroatoms. The molecule has 0 bridgehead atoms. The molecule has 0 fully saturated rings. The van der Waals surface area contributed by atoms with E-state index in [0.29, 0.717) is 6.04 Å². The van der Waals surface area contributed by atoms with Gasteiger partial charge in [-0.3, -0.25) is 4.98 Å². The summed E-state index contributed by atoms with van der Waals surface area (Å²) in [5.41, 5.74) is 2.49. The van der Waals surface area contributed by atoms with Gasteiger partial charge in [0.2, 0.25) is 0 Å². The van der Waals surface area contributed by atoms with E-state index in [4.69, 9.17) is 0 Å². The Morgan fingerprint density at radius 2 is 2.14 bits per heavy atom. The van der Waals surface area contributed by atoms with Crippen molar-refractivity contribution in [3.05, 3.63) is 29.6 Å². The summed E-state index contributed by atoms with van der Waals surface area (Å²) in [6, 6.07) is 4.81.